The molecule has 1 saturated heterocycles. The molecule has 0 aliphatic carbocycles. The third-order valence-corrected chi connectivity index (χ3v) is 12.2. The summed E-state index contributed by atoms with van der Waals surface area (Å²) in [6.07, 6.45) is 4.24. The quantitative estimate of drug-likeness (QED) is 0.111. The first-order valence-corrected chi connectivity index (χ1v) is 21.8. The van der Waals surface area contributed by atoms with Gasteiger partial charge in [-0.05, 0) is 101 Å². The predicted molar refractivity (Wildman–Crippen MR) is 234 cm³/mol. The minimum Gasteiger partial charge on any atom is -0.379 e. The van der Waals surface area contributed by atoms with E-state index in [1.54, 1.807) is 30.8 Å². The van der Waals surface area contributed by atoms with E-state index in [2.05, 4.69) is 33.0 Å². The van der Waals surface area contributed by atoms with Gasteiger partial charge in [-0.15, -0.1) is 11.8 Å². The first kappa shape index (κ1) is 48.6. The van der Waals surface area contributed by atoms with Crippen LogP contribution in [0.2, 0.25) is 0 Å². The Kier molecular flexibility index (Phi) is 20.9. The van der Waals surface area contributed by atoms with Crippen molar-refractivity contribution in [3.63, 3.8) is 0 Å². The van der Waals surface area contributed by atoms with Gasteiger partial charge in [-0.1, -0.05) is 58.0 Å². The maximum atomic E-state index is 13.7. The van der Waals surface area contributed by atoms with Crippen LogP contribution in [0.3, 0.4) is 0 Å². The topological polar surface area (TPSA) is 140 Å². The Balaban J connectivity index is 1.52. The minimum absolute atomic E-state index is 0.0114. The van der Waals surface area contributed by atoms with Gasteiger partial charge < -0.3 is 30.5 Å². The molecule has 13 heteroatoms. The van der Waals surface area contributed by atoms with Crippen molar-refractivity contribution in [1.29, 1.82) is 0 Å². The lowest BCUT2D eigenvalue weighted by atomic mass is 9.97. The second-order valence-corrected chi connectivity index (χ2v) is 17.9. The highest BCUT2D eigenvalue weighted by molar-refractivity contribution is 8.00. The molecular weight excluding hydrogens is 753 g/mol. The van der Waals surface area contributed by atoms with Gasteiger partial charge in [0.05, 0.1) is 17.4 Å². The number of carbonyl (C=O) groups is 5. The zero-order valence-corrected chi connectivity index (χ0v) is 37.2. The summed E-state index contributed by atoms with van der Waals surface area (Å²) in [5, 5.41) is 8.68. The van der Waals surface area contributed by atoms with Crippen molar-refractivity contribution in [3.05, 3.63) is 60.2 Å². The highest BCUT2D eigenvalue weighted by Gasteiger charge is 2.32. The maximum Gasteiger partial charge on any atom is 0.237 e. The molecule has 0 radical (unpaired) electrons. The fraction of sp³-hybridized carbons (Fsp3) is 0.622. The van der Waals surface area contributed by atoms with Crippen molar-refractivity contribution < 1.29 is 28.7 Å². The van der Waals surface area contributed by atoms with Crippen molar-refractivity contribution in [2.45, 2.75) is 108 Å². The summed E-state index contributed by atoms with van der Waals surface area (Å²) in [6.45, 7) is 12.4. The number of likely N-dealkylation sites (tertiary alicyclic amines) is 1. The number of hydrogen-bond acceptors (Lipinski definition) is 9. The Morgan fingerprint density at radius 2 is 1.60 bits per heavy atom. The van der Waals surface area contributed by atoms with Crippen molar-refractivity contribution in [2.24, 2.45) is 17.8 Å². The lowest BCUT2D eigenvalue weighted by Crippen LogP contribution is -2.47. The monoisotopic (exact) mass is 823 g/mol. The molecule has 58 heavy (non-hydrogen) atoms. The van der Waals surface area contributed by atoms with E-state index in [9.17, 15) is 24.0 Å². The molecule has 2 aromatic carbocycles. The summed E-state index contributed by atoms with van der Waals surface area (Å²) < 4.78 is 5.69. The van der Waals surface area contributed by atoms with Gasteiger partial charge in [0.1, 0.15) is 5.78 Å². The van der Waals surface area contributed by atoms with Gasteiger partial charge >= 0.3 is 0 Å². The molecule has 3 N–H and O–H groups in total. The van der Waals surface area contributed by atoms with Crippen LogP contribution in [0.4, 0.5) is 5.69 Å². The van der Waals surface area contributed by atoms with Gasteiger partial charge in [-0.3, -0.25) is 28.9 Å². The minimum atomic E-state index is -0.421. The molecule has 0 saturated carbocycles. The molecule has 4 amide bonds. The molecule has 6 atom stereocenters. The molecular formula is C45H70N6O6S. The summed E-state index contributed by atoms with van der Waals surface area (Å²) in [5.41, 5.74) is 1.89. The van der Waals surface area contributed by atoms with E-state index in [1.165, 1.54) is 12.5 Å². The third-order valence-electron chi connectivity index (χ3n) is 11.0. The van der Waals surface area contributed by atoms with Crippen LogP contribution in [-0.2, 0) is 35.1 Å². The molecule has 1 heterocycles. The van der Waals surface area contributed by atoms with E-state index < -0.39 is 6.10 Å². The molecule has 2 aromatic rings. The molecule has 1 aliphatic heterocycles. The largest absolute Gasteiger partial charge is 0.379 e. The van der Waals surface area contributed by atoms with Gasteiger partial charge in [0.15, 0.2) is 0 Å². The summed E-state index contributed by atoms with van der Waals surface area (Å²) in [4.78, 5) is 71.5. The van der Waals surface area contributed by atoms with Crippen LogP contribution in [0, 0.1) is 17.8 Å². The number of Topliss-reactive ketones (excluding diaryl/α,β-unsaturated/α-hetero) is 1. The van der Waals surface area contributed by atoms with E-state index in [0.717, 1.165) is 37.2 Å². The fourth-order valence-corrected chi connectivity index (χ4v) is 8.73. The van der Waals surface area contributed by atoms with Crippen LogP contribution in [0.25, 0.3) is 0 Å². The van der Waals surface area contributed by atoms with Crippen LogP contribution in [-0.4, -0.2) is 129 Å². The van der Waals surface area contributed by atoms with Crippen molar-refractivity contribution in [1.82, 2.24) is 25.3 Å². The third kappa shape index (κ3) is 16.8. The maximum absolute atomic E-state index is 13.7. The summed E-state index contributed by atoms with van der Waals surface area (Å²) in [7, 11) is 7.09. The Morgan fingerprint density at radius 1 is 0.914 bits per heavy atom. The molecule has 1 aliphatic rings. The average Bonchev–Trinajstić information content (AvgIpc) is 3.62. The van der Waals surface area contributed by atoms with Crippen LogP contribution in [0.1, 0.15) is 78.7 Å². The number of amides is 4. The number of carbonyl (C=O) groups excluding carboxylic acids is 5. The molecule has 0 bridgehead atoms. The van der Waals surface area contributed by atoms with E-state index in [1.807, 2.05) is 89.2 Å². The SMILES string of the molecule is COC(CC(=O)C(C)CCN1CCCC1CC(Sc1ccc(NC(C)=O)cc1)C(=O)NCCc1ccccc1)CN(C)C(=O)CC(C)CNC(=O)C(C(C)C)N(C)C. The summed E-state index contributed by atoms with van der Waals surface area (Å²) >= 11 is 1.55. The first-order valence-electron chi connectivity index (χ1n) is 20.9. The number of thioether (sulfide) groups is 1. The van der Waals surface area contributed by atoms with Crippen LogP contribution < -0.4 is 16.0 Å². The average molecular weight is 823 g/mol. The van der Waals surface area contributed by atoms with E-state index in [4.69, 9.17) is 4.74 Å². The van der Waals surface area contributed by atoms with E-state index in [-0.39, 0.29) is 77.3 Å². The number of methoxy groups -OCH3 is 1. The normalized spacial score (nSPS) is 17.0. The number of ether oxygens (including phenoxy) is 1. The molecule has 6 unspecified atom stereocenters. The van der Waals surface area contributed by atoms with Crippen molar-refractivity contribution >= 4 is 46.9 Å². The van der Waals surface area contributed by atoms with Gasteiger partial charge in [0, 0.05) is 76.1 Å². The molecule has 3 rings (SSSR count). The second kappa shape index (κ2) is 25.0. The Morgan fingerprint density at radius 3 is 2.22 bits per heavy atom. The molecule has 0 aromatic heterocycles. The van der Waals surface area contributed by atoms with Crippen molar-refractivity contribution in [2.75, 3.05) is 66.3 Å². The van der Waals surface area contributed by atoms with Crippen molar-refractivity contribution in [3.8, 4) is 0 Å². The lowest BCUT2D eigenvalue weighted by Gasteiger charge is -2.29. The Hall–Kier alpha value is -3.78. The zero-order valence-electron chi connectivity index (χ0n) is 36.4. The highest BCUT2D eigenvalue weighted by atomic mass is 32.2. The fourth-order valence-electron chi connectivity index (χ4n) is 7.60. The van der Waals surface area contributed by atoms with Crippen LogP contribution >= 0.6 is 11.8 Å². The second-order valence-electron chi connectivity index (χ2n) is 16.6. The number of nitrogens with one attached hydrogen (secondary N) is 3. The van der Waals surface area contributed by atoms with Gasteiger partial charge in [0.2, 0.25) is 23.6 Å². The summed E-state index contributed by atoms with van der Waals surface area (Å²) in [6, 6.07) is 17.7. The lowest BCUT2D eigenvalue weighted by molar-refractivity contribution is -0.134. The summed E-state index contributed by atoms with van der Waals surface area (Å²) in [5.74, 6) is -0.173. The number of nitrogens with zero attached hydrogens (tertiary/aromatic N) is 3. The molecule has 0 spiro atoms. The smallest absolute Gasteiger partial charge is 0.237 e. The zero-order chi connectivity index (χ0) is 42.8. The van der Waals surface area contributed by atoms with Crippen LogP contribution in [0.5, 0.6) is 0 Å². The van der Waals surface area contributed by atoms with E-state index in [0.29, 0.717) is 38.2 Å². The van der Waals surface area contributed by atoms with E-state index >= 15 is 0 Å². The first-order chi connectivity index (χ1) is 27.6. The van der Waals surface area contributed by atoms with Gasteiger partial charge in [-0.2, -0.15) is 0 Å². The number of hydrogen-bond donors (Lipinski definition) is 3. The number of likely N-dealkylation sites (N-methyl/N-ethyl adjacent to an activating group) is 2. The number of benzene rings is 2. The highest BCUT2D eigenvalue weighted by Crippen LogP contribution is 2.32. The Bertz CT molecular complexity index is 1580. The molecule has 322 valence electrons. The predicted octanol–water partition coefficient (Wildman–Crippen LogP) is 5.51. The number of rotatable bonds is 25. The Labute approximate surface area is 351 Å². The number of anilines is 1. The van der Waals surface area contributed by atoms with Crippen LogP contribution in [0.15, 0.2) is 59.5 Å². The molecule has 1 fully saturated rings. The number of ketones is 1. The standard InChI is InChI=1S/C45H70N6O6S/c1-31(2)43(49(6)7)45(56)47-29-32(3)26-42(54)50(8)30-38(57-9)28-40(53)33(4)22-25-51-24-13-16-37(51)27-41(44(55)46-23-21-35-14-11-10-12-15-35)58-39-19-17-36(18-20-39)48-34(5)52/h10-12,14-15,17-20,31-33,37-38,41,43H,13,16,21-30H2,1-9H3,(H,46,55)(H,47,56)(H,48,52). The van der Waals surface area contributed by atoms with Gasteiger partial charge in [0.25, 0.3) is 0 Å². The molecule has 12 nitrogen and oxygen atoms in total. The van der Waals surface area contributed by atoms with Gasteiger partial charge in [-0.25, -0.2) is 0 Å².